The number of aromatic nitrogens is 2. The van der Waals surface area contributed by atoms with Gasteiger partial charge in [-0.1, -0.05) is 0 Å². The van der Waals surface area contributed by atoms with Gasteiger partial charge in [0.05, 0.1) is 14.2 Å². The largest absolute Gasteiger partial charge is 0.480 e. The van der Waals surface area contributed by atoms with Crippen LogP contribution in [0.25, 0.3) is 0 Å². The zero-order chi connectivity index (χ0) is 26.7. The first-order chi connectivity index (χ1) is 17.7. The number of methoxy groups -OCH3 is 2. The molecule has 4 rings (SSSR count). The molecule has 2 aliphatic heterocycles. The van der Waals surface area contributed by atoms with Crippen molar-refractivity contribution >= 4 is 50.9 Å². The quantitative estimate of drug-likeness (QED) is 0.450. The zero-order valence-electron chi connectivity index (χ0n) is 19.9. The molecule has 4 heterocycles. The Hall–Kier alpha value is -2.95. The number of hydrogen-bond donors (Lipinski definition) is 2. The van der Waals surface area contributed by atoms with Crippen LogP contribution in [-0.4, -0.2) is 108 Å². The Balaban J connectivity index is 1.53. The first-order valence-electron chi connectivity index (χ1n) is 11.1. The second-order valence-electron chi connectivity index (χ2n) is 8.16. The van der Waals surface area contributed by atoms with Crippen molar-refractivity contribution in [2.24, 2.45) is 0 Å². The van der Waals surface area contributed by atoms with Gasteiger partial charge in [-0.15, -0.1) is 21.5 Å². The molecule has 2 fully saturated rings. The average molecular weight is 572 g/mol. The van der Waals surface area contributed by atoms with Gasteiger partial charge in [-0.25, -0.2) is 13.2 Å². The third kappa shape index (κ3) is 5.51. The highest BCUT2D eigenvalue weighted by Crippen LogP contribution is 2.29. The van der Waals surface area contributed by atoms with Gasteiger partial charge in [-0.05, 0) is 11.4 Å². The molecular weight excluding hydrogens is 546 g/mol. The summed E-state index contributed by atoms with van der Waals surface area (Å²) >= 11 is 2.65. The second kappa shape index (κ2) is 11.2. The predicted molar refractivity (Wildman–Crippen MR) is 134 cm³/mol. The van der Waals surface area contributed by atoms with Crippen molar-refractivity contribution < 1.29 is 37.4 Å². The summed E-state index contributed by atoms with van der Waals surface area (Å²) in [5.41, 5.74) is -0.0427. The number of hydrogen-bond acceptors (Lipinski definition) is 11. The van der Waals surface area contributed by atoms with E-state index in [-0.39, 0.29) is 40.1 Å². The van der Waals surface area contributed by atoms with Crippen LogP contribution in [0.15, 0.2) is 22.4 Å². The van der Waals surface area contributed by atoms with Crippen LogP contribution in [0.4, 0.5) is 0 Å². The molecule has 2 atom stereocenters. The van der Waals surface area contributed by atoms with Crippen LogP contribution >= 0.6 is 23.1 Å². The maximum absolute atomic E-state index is 13.3. The molecule has 0 aliphatic carbocycles. The summed E-state index contributed by atoms with van der Waals surface area (Å²) in [6, 6.07) is 0.723. The molecular formula is C21H25N5O8S3. The van der Waals surface area contributed by atoms with Gasteiger partial charge in [-0.2, -0.15) is 16.1 Å². The van der Waals surface area contributed by atoms with Crippen LogP contribution in [0.5, 0.6) is 11.8 Å². The Morgan fingerprint density at radius 2 is 1.89 bits per heavy atom. The number of nitrogens with zero attached hydrogens (tertiary/aromatic N) is 4. The molecule has 0 radical (unpaired) electrons. The van der Waals surface area contributed by atoms with E-state index in [0.717, 1.165) is 16.2 Å². The average Bonchev–Trinajstić information content (AvgIpc) is 3.57. The van der Waals surface area contributed by atoms with Gasteiger partial charge in [0.2, 0.25) is 21.8 Å². The number of amides is 2. The number of thiophene rings is 1. The highest BCUT2D eigenvalue weighted by Gasteiger charge is 2.42. The molecule has 0 bridgehead atoms. The lowest BCUT2D eigenvalue weighted by molar-refractivity contribution is -0.141. The Bertz CT molecular complexity index is 1290. The van der Waals surface area contributed by atoms with Crippen LogP contribution in [-0.2, 0) is 14.8 Å². The highest BCUT2D eigenvalue weighted by molar-refractivity contribution is 7.99. The molecule has 13 nitrogen and oxygen atoms in total. The third-order valence-electron chi connectivity index (χ3n) is 5.98. The number of sulfonamides is 1. The molecule has 0 saturated carbocycles. The van der Waals surface area contributed by atoms with Crippen molar-refractivity contribution in [1.29, 1.82) is 0 Å². The smallest absolute Gasteiger partial charge is 0.326 e. The van der Waals surface area contributed by atoms with E-state index in [1.54, 1.807) is 11.8 Å². The fraction of sp³-hybridized carbons (Fsp3) is 0.476. The summed E-state index contributed by atoms with van der Waals surface area (Å²) in [4.78, 5) is 39.4. The number of thioether (sulfide) groups is 1. The number of carboxylic acid groups (broad SMARTS) is 1. The van der Waals surface area contributed by atoms with Gasteiger partial charge in [0.1, 0.15) is 21.4 Å². The normalized spacial score (nSPS) is 20.4. The number of carbonyl (C=O) groups excluding carboxylic acids is 2. The van der Waals surface area contributed by atoms with Crippen LogP contribution in [0.1, 0.15) is 26.5 Å². The second-order valence-corrected chi connectivity index (χ2v) is 12.2. The SMILES string of the molecule is COc1cc(C(=O)N2C[C@@H](NC(=O)c3sccc3S(=O)(=O)N3CCSCC3)C[C@H]2C(=O)O)c(OC)nn1. The van der Waals surface area contributed by atoms with Gasteiger partial charge in [0, 0.05) is 49.7 Å². The molecule has 0 spiro atoms. The molecule has 200 valence electrons. The first-order valence-corrected chi connectivity index (χ1v) is 14.6. The predicted octanol–water partition coefficient (Wildman–Crippen LogP) is 0.391. The first kappa shape index (κ1) is 27.1. The number of ether oxygens (including phenoxy) is 2. The molecule has 2 aromatic rings. The van der Waals surface area contributed by atoms with Crippen LogP contribution in [0.3, 0.4) is 0 Å². The van der Waals surface area contributed by atoms with E-state index < -0.39 is 39.9 Å². The zero-order valence-corrected chi connectivity index (χ0v) is 22.4. The fourth-order valence-corrected chi connectivity index (χ4v) is 8.04. The minimum atomic E-state index is -3.85. The minimum absolute atomic E-state index is 0.0135. The number of rotatable bonds is 8. The molecule has 0 unspecified atom stereocenters. The van der Waals surface area contributed by atoms with Crippen molar-refractivity contribution in [3.63, 3.8) is 0 Å². The number of nitrogens with one attached hydrogen (secondary N) is 1. The topological polar surface area (TPSA) is 168 Å². The molecule has 2 aromatic heterocycles. The van der Waals surface area contributed by atoms with Crippen molar-refractivity contribution in [3.8, 4) is 11.8 Å². The molecule has 2 aliphatic rings. The van der Waals surface area contributed by atoms with Crippen LogP contribution in [0, 0.1) is 0 Å². The van der Waals surface area contributed by atoms with Crippen LogP contribution in [0.2, 0.25) is 0 Å². The lowest BCUT2D eigenvalue weighted by Crippen LogP contribution is -2.42. The van der Waals surface area contributed by atoms with Gasteiger partial charge in [-0.3, -0.25) is 9.59 Å². The Labute approximate surface area is 221 Å². The summed E-state index contributed by atoms with van der Waals surface area (Å²) in [6.07, 6.45) is -0.0679. The number of carboxylic acids is 1. The van der Waals surface area contributed by atoms with Gasteiger partial charge in [0.25, 0.3) is 11.8 Å². The van der Waals surface area contributed by atoms with Gasteiger partial charge >= 0.3 is 5.97 Å². The van der Waals surface area contributed by atoms with E-state index in [9.17, 15) is 27.9 Å². The molecule has 2 N–H and O–H groups in total. The van der Waals surface area contributed by atoms with Gasteiger partial charge in [0.15, 0.2) is 0 Å². The standard InChI is InChI=1S/C21H25N5O8S3/c1-33-16-10-13(19(34-2)24-23-16)20(28)26-11-12(9-14(26)21(29)30)22-18(27)17-15(3-6-36-17)37(31,32)25-4-7-35-8-5-25/h3,6,10,12,14H,4-5,7-9,11H2,1-2H3,(H,22,27)(H,29,30)/t12-,14-/m0/s1. The lowest BCUT2D eigenvalue weighted by atomic mass is 10.1. The lowest BCUT2D eigenvalue weighted by Gasteiger charge is -2.25. The van der Waals surface area contributed by atoms with E-state index in [4.69, 9.17) is 9.47 Å². The molecule has 16 heteroatoms. The maximum atomic E-state index is 13.3. The summed E-state index contributed by atoms with van der Waals surface area (Å²) in [5.74, 6) is -1.29. The van der Waals surface area contributed by atoms with Crippen molar-refractivity contribution in [2.45, 2.75) is 23.4 Å². The van der Waals surface area contributed by atoms with E-state index >= 15 is 0 Å². The number of carbonyl (C=O) groups is 3. The summed E-state index contributed by atoms with van der Waals surface area (Å²) in [7, 11) is -1.22. The van der Waals surface area contributed by atoms with Crippen LogP contribution < -0.4 is 14.8 Å². The van der Waals surface area contributed by atoms with E-state index in [1.807, 2.05) is 0 Å². The monoisotopic (exact) mass is 571 g/mol. The number of likely N-dealkylation sites (tertiary alicyclic amines) is 1. The Morgan fingerprint density at radius 3 is 2.54 bits per heavy atom. The van der Waals surface area contributed by atoms with E-state index in [1.165, 1.54) is 36.0 Å². The Morgan fingerprint density at radius 1 is 1.16 bits per heavy atom. The van der Waals surface area contributed by atoms with Crippen molar-refractivity contribution in [2.75, 3.05) is 45.4 Å². The summed E-state index contributed by atoms with van der Waals surface area (Å²) in [6.45, 7) is 0.607. The van der Waals surface area contributed by atoms with E-state index in [2.05, 4.69) is 15.5 Å². The molecule has 2 amide bonds. The van der Waals surface area contributed by atoms with E-state index in [0.29, 0.717) is 24.6 Å². The number of aliphatic carboxylic acids is 1. The Kier molecular flexibility index (Phi) is 8.20. The van der Waals surface area contributed by atoms with Gasteiger partial charge < -0.3 is 24.8 Å². The fourth-order valence-electron chi connectivity index (χ4n) is 4.16. The maximum Gasteiger partial charge on any atom is 0.326 e. The van der Waals surface area contributed by atoms with Crippen molar-refractivity contribution in [1.82, 2.24) is 24.7 Å². The molecule has 0 aromatic carbocycles. The minimum Gasteiger partial charge on any atom is -0.480 e. The molecule has 2 saturated heterocycles. The highest BCUT2D eigenvalue weighted by atomic mass is 32.2. The van der Waals surface area contributed by atoms with Crippen molar-refractivity contribution in [3.05, 3.63) is 28.0 Å². The summed E-state index contributed by atoms with van der Waals surface area (Å²) in [5, 5.41) is 21.5. The third-order valence-corrected chi connectivity index (χ3v) is 9.90. The summed E-state index contributed by atoms with van der Waals surface area (Å²) < 4.78 is 37.8. The molecule has 37 heavy (non-hydrogen) atoms.